The number of halogens is 3. The zero-order valence-corrected chi connectivity index (χ0v) is 11.5. The summed E-state index contributed by atoms with van der Waals surface area (Å²) in [6.07, 6.45) is 0.495. The molecular formula is C15H13BrF2. The molecule has 0 radical (unpaired) electrons. The molecule has 0 N–H and O–H groups in total. The van der Waals surface area contributed by atoms with Gasteiger partial charge in [0, 0.05) is 4.83 Å². The van der Waals surface area contributed by atoms with Gasteiger partial charge in [0.15, 0.2) is 0 Å². The summed E-state index contributed by atoms with van der Waals surface area (Å²) in [5, 5.41) is 0. The third kappa shape index (κ3) is 2.96. The standard InChI is InChI=1S/C15H13BrF2/c1-10-6-7-11(9-15(10)18)13(16)8-12-4-2-3-5-14(12)17/h2-7,9,13H,8H2,1H3. The molecule has 0 aromatic heterocycles. The quantitative estimate of drug-likeness (QED) is 0.703. The van der Waals surface area contributed by atoms with Gasteiger partial charge >= 0.3 is 0 Å². The first-order valence-electron chi connectivity index (χ1n) is 5.71. The first-order valence-corrected chi connectivity index (χ1v) is 6.63. The van der Waals surface area contributed by atoms with Gasteiger partial charge in [-0.2, -0.15) is 0 Å². The second-order valence-electron chi connectivity index (χ2n) is 4.27. The van der Waals surface area contributed by atoms with Crippen molar-refractivity contribution in [2.24, 2.45) is 0 Å². The van der Waals surface area contributed by atoms with Gasteiger partial charge in [-0.05, 0) is 42.2 Å². The highest BCUT2D eigenvalue weighted by atomic mass is 79.9. The summed E-state index contributed by atoms with van der Waals surface area (Å²) in [7, 11) is 0. The normalized spacial score (nSPS) is 12.4. The van der Waals surface area contributed by atoms with E-state index in [9.17, 15) is 8.78 Å². The molecule has 0 spiro atoms. The lowest BCUT2D eigenvalue weighted by Gasteiger charge is -2.11. The maximum Gasteiger partial charge on any atom is 0.126 e. The third-order valence-electron chi connectivity index (χ3n) is 2.91. The minimum absolute atomic E-state index is 0.0931. The molecule has 0 saturated carbocycles. The van der Waals surface area contributed by atoms with Crippen molar-refractivity contribution < 1.29 is 8.78 Å². The smallest absolute Gasteiger partial charge is 0.126 e. The van der Waals surface area contributed by atoms with Crippen molar-refractivity contribution in [2.75, 3.05) is 0 Å². The van der Waals surface area contributed by atoms with E-state index in [1.54, 1.807) is 31.2 Å². The van der Waals surface area contributed by atoms with Gasteiger partial charge in [0.2, 0.25) is 0 Å². The van der Waals surface area contributed by atoms with Crippen LogP contribution >= 0.6 is 15.9 Å². The fourth-order valence-electron chi connectivity index (χ4n) is 1.78. The number of benzene rings is 2. The van der Waals surface area contributed by atoms with Gasteiger partial charge in [-0.3, -0.25) is 0 Å². The number of aryl methyl sites for hydroxylation is 1. The molecule has 0 saturated heterocycles. The van der Waals surface area contributed by atoms with E-state index in [-0.39, 0.29) is 16.5 Å². The molecule has 94 valence electrons. The van der Waals surface area contributed by atoms with Gasteiger partial charge in [-0.25, -0.2) is 8.78 Å². The summed E-state index contributed by atoms with van der Waals surface area (Å²) in [5.41, 5.74) is 2.06. The number of rotatable bonds is 3. The van der Waals surface area contributed by atoms with Crippen LogP contribution in [0.4, 0.5) is 8.78 Å². The molecule has 0 aliphatic rings. The molecule has 1 unspecified atom stereocenters. The fraction of sp³-hybridized carbons (Fsp3) is 0.200. The highest BCUT2D eigenvalue weighted by molar-refractivity contribution is 9.09. The van der Waals surface area contributed by atoms with Crippen LogP contribution < -0.4 is 0 Å². The summed E-state index contributed by atoms with van der Waals surface area (Å²) in [4.78, 5) is -0.0931. The van der Waals surface area contributed by atoms with E-state index >= 15 is 0 Å². The van der Waals surface area contributed by atoms with E-state index in [0.29, 0.717) is 17.5 Å². The third-order valence-corrected chi connectivity index (χ3v) is 3.77. The first-order chi connectivity index (χ1) is 8.58. The van der Waals surface area contributed by atoms with Crippen LogP contribution in [0.2, 0.25) is 0 Å². The predicted octanol–water partition coefficient (Wildman–Crippen LogP) is 4.95. The molecule has 0 amide bonds. The van der Waals surface area contributed by atoms with Crippen LogP contribution in [-0.4, -0.2) is 0 Å². The van der Waals surface area contributed by atoms with Gasteiger partial charge in [0.1, 0.15) is 11.6 Å². The van der Waals surface area contributed by atoms with Crippen molar-refractivity contribution in [3.63, 3.8) is 0 Å². The lowest BCUT2D eigenvalue weighted by atomic mass is 10.0. The van der Waals surface area contributed by atoms with Crippen molar-refractivity contribution in [3.8, 4) is 0 Å². The molecule has 2 rings (SSSR count). The van der Waals surface area contributed by atoms with Crippen molar-refractivity contribution in [3.05, 3.63) is 70.8 Å². The van der Waals surface area contributed by atoms with Crippen molar-refractivity contribution in [1.82, 2.24) is 0 Å². The lowest BCUT2D eigenvalue weighted by Crippen LogP contribution is -1.99. The molecule has 2 aromatic carbocycles. The Bertz CT molecular complexity index is 552. The van der Waals surface area contributed by atoms with Gasteiger partial charge in [0.25, 0.3) is 0 Å². The molecule has 0 aliphatic heterocycles. The Hall–Kier alpha value is -1.22. The topological polar surface area (TPSA) is 0 Å². The van der Waals surface area contributed by atoms with E-state index in [0.717, 1.165) is 5.56 Å². The highest BCUT2D eigenvalue weighted by Crippen LogP contribution is 2.28. The average Bonchev–Trinajstić information content (AvgIpc) is 2.35. The lowest BCUT2D eigenvalue weighted by molar-refractivity contribution is 0.605. The number of hydrogen-bond acceptors (Lipinski definition) is 0. The Balaban J connectivity index is 2.19. The fourth-order valence-corrected chi connectivity index (χ4v) is 2.41. The Morgan fingerprint density at radius 3 is 2.44 bits per heavy atom. The van der Waals surface area contributed by atoms with E-state index in [2.05, 4.69) is 15.9 Å². The minimum Gasteiger partial charge on any atom is -0.207 e. The number of hydrogen-bond donors (Lipinski definition) is 0. The summed E-state index contributed by atoms with van der Waals surface area (Å²) in [6.45, 7) is 1.72. The Labute approximate surface area is 114 Å². The van der Waals surface area contributed by atoms with Crippen LogP contribution in [0, 0.1) is 18.6 Å². The maximum absolute atomic E-state index is 13.5. The minimum atomic E-state index is -0.231. The molecule has 0 nitrogen and oxygen atoms in total. The largest absolute Gasteiger partial charge is 0.207 e. The van der Waals surface area contributed by atoms with Crippen molar-refractivity contribution in [2.45, 2.75) is 18.2 Å². The van der Waals surface area contributed by atoms with Gasteiger partial charge in [-0.15, -0.1) is 0 Å². The van der Waals surface area contributed by atoms with Crippen molar-refractivity contribution >= 4 is 15.9 Å². The van der Waals surface area contributed by atoms with Gasteiger partial charge in [-0.1, -0.05) is 46.3 Å². The Kier molecular flexibility index (Phi) is 4.12. The first kappa shape index (κ1) is 13.2. The van der Waals surface area contributed by atoms with E-state index in [1.165, 1.54) is 12.1 Å². The zero-order valence-electron chi connectivity index (χ0n) is 9.96. The second kappa shape index (κ2) is 5.61. The molecule has 0 aliphatic carbocycles. The van der Waals surface area contributed by atoms with Crippen molar-refractivity contribution in [1.29, 1.82) is 0 Å². The number of alkyl halides is 1. The van der Waals surface area contributed by atoms with Crippen LogP contribution in [0.5, 0.6) is 0 Å². The molecule has 0 fully saturated rings. The Morgan fingerprint density at radius 1 is 1.06 bits per heavy atom. The summed E-state index contributed by atoms with van der Waals surface area (Å²) < 4.78 is 27.0. The highest BCUT2D eigenvalue weighted by Gasteiger charge is 2.12. The molecule has 3 heteroatoms. The molecule has 2 aromatic rings. The van der Waals surface area contributed by atoms with Gasteiger partial charge < -0.3 is 0 Å². The zero-order chi connectivity index (χ0) is 13.1. The van der Waals surface area contributed by atoms with Crippen LogP contribution in [0.25, 0.3) is 0 Å². The average molecular weight is 311 g/mol. The molecule has 0 bridgehead atoms. The molecule has 18 heavy (non-hydrogen) atoms. The summed E-state index contributed by atoms with van der Waals surface area (Å²) in [5.74, 6) is -0.458. The summed E-state index contributed by atoms with van der Waals surface area (Å²) >= 11 is 3.48. The maximum atomic E-state index is 13.5. The van der Waals surface area contributed by atoms with Crippen LogP contribution in [-0.2, 0) is 6.42 Å². The molecular weight excluding hydrogens is 298 g/mol. The summed E-state index contributed by atoms with van der Waals surface area (Å²) in [6, 6.07) is 11.7. The van der Waals surface area contributed by atoms with E-state index in [1.807, 2.05) is 6.07 Å². The van der Waals surface area contributed by atoms with Crippen LogP contribution in [0.3, 0.4) is 0 Å². The monoisotopic (exact) mass is 310 g/mol. The SMILES string of the molecule is Cc1ccc(C(Br)Cc2ccccc2F)cc1F. The van der Waals surface area contributed by atoms with E-state index < -0.39 is 0 Å². The van der Waals surface area contributed by atoms with Gasteiger partial charge in [0.05, 0.1) is 0 Å². The predicted molar refractivity (Wildman–Crippen MR) is 72.9 cm³/mol. The second-order valence-corrected chi connectivity index (χ2v) is 5.38. The van der Waals surface area contributed by atoms with E-state index in [4.69, 9.17) is 0 Å². The van der Waals surface area contributed by atoms with Crippen LogP contribution in [0.15, 0.2) is 42.5 Å². The molecule has 0 heterocycles. The Morgan fingerprint density at radius 2 is 1.78 bits per heavy atom. The molecule has 1 atom stereocenters. The van der Waals surface area contributed by atoms with Crippen LogP contribution in [0.1, 0.15) is 21.5 Å².